The van der Waals surface area contributed by atoms with Gasteiger partial charge in [-0.15, -0.1) is 0 Å². The molecule has 0 spiro atoms. The fourth-order valence-corrected chi connectivity index (χ4v) is 2.35. The van der Waals surface area contributed by atoms with Crippen molar-refractivity contribution in [3.63, 3.8) is 0 Å². The molecule has 2 N–H and O–H groups in total. The van der Waals surface area contributed by atoms with Gasteiger partial charge in [-0.25, -0.2) is 9.78 Å². The standard InChI is InChI=1S/C15H23N3O3/c1-3-20-14-12(6-4-8-16-14)10-17-15(19)18-11(2)13-7-5-9-21-13/h4,6,8,11,13H,3,5,7,9-10H2,1-2H3,(H2,17,18,19)/t11-,13-/m0/s1. The Morgan fingerprint density at radius 2 is 2.48 bits per heavy atom. The predicted molar refractivity (Wildman–Crippen MR) is 79.2 cm³/mol. The van der Waals surface area contributed by atoms with Gasteiger partial charge in [-0.1, -0.05) is 6.07 Å². The van der Waals surface area contributed by atoms with Crippen molar-refractivity contribution in [1.29, 1.82) is 0 Å². The lowest BCUT2D eigenvalue weighted by Crippen LogP contribution is -2.45. The average molecular weight is 293 g/mol. The van der Waals surface area contributed by atoms with Gasteiger partial charge in [-0.2, -0.15) is 0 Å². The van der Waals surface area contributed by atoms with E-state index in [1.165, 1.54) is 0 Å². The quantitative estimate of drug-likeness (QED) is 0.839. The van der Waals surface area contributed by atoms with Crippen LogP contribution in [0.2, 0.25) is 0 Å². The van der Waals surface area contributed by atoms with E-state index in [0.717, 1.165) is 25.0 Å². The highest BCUT2D eigenvalue weighted by Gasteiger charge is 2.23. The first kappa shape index (κ1) is 15.6. The number of rotatable bonds is 6. The van der Waals surface area contributed by atoms with Crippen LogP contribution >= 0.6 is 0 Å². The summed E-state index contributed by atoms with van der Waals surface area (Å²) in [7, 11) is 0. The molecule has 0 saturated carbocycles. The third kappa shape index (κ3) is 4.60. The zero-order valence-electron chi connectivity index (χ0n) is 12.6. The van der Waals surface area contributed by atoms with Gasteiger partial charge in [0.15, 0.2) is 0 Å². The molecule has 1 aliphatic heterocycles. The Morgan fingerprint density at radius 1 is 1.62 bits per heavy atom. The third-order valence-electron chi connectivity index (χ3n) is 3.45. The molecular weight excluding hydrogens is 270 g/mol. The summed E-state index contributed by atoms with van der Waals surface area (Å²) in [6.07, 6.45) is 3.85. The smallest absolute Gasteiger partial charge is 0.315 e. The monoisotopic (exact) mass is 293 g/mol. The highest BCUT2D eigenvalue weighted by molar-refractivity contribution is 5.74. The molecule has 0 bridgehead atoms. The maximum atomic E-state index is 11.9. The van der Waals surface area contributed by atoms with E-state index in [4.69, 9.17) is 9.47 Å². The Labute approximate surface area is 125 Å². The topological polar surface area (TPSA) is 72.5 Å². The number of nitrogens with one attached hydrogen (secondary N) is 2. The predicted octanol–water partition coefficient (Wildman–Crippen LogP) is 1.85. The molecule has 0 aromatic carbocycles. The number of pyridine rings is 1. The van der Waals surface area contributed by atoms with Gasteiger partial charge in [0.25, 0.3) is 0 Å². The van der Waals surface area contributed by atoms with Gasteiger partial charge in [-0.3, -0.25) is 0 Å². The summed E-state index contributed by atoms with van der Waals surface area (Å²) in [6.45, 7) is 5.58. The molecule has 116 valence electrons. The van der Waals surface area contributed by atoms with Crippen LogP contribution in [-0.4, -0.2) is 36.4 Å². The number of nitrogens with zero attached hydrogens (tertiary/aromatic N) is 1. The summed E-state index contributed by atoms with van der Waals surface area (Å²) in [5.74, 6) is 0.562. The van der Waals surface area contributed by atoms with Gasteiger partial charge in [0.2, 0.25) is 5.88 Å². The van der Waals surface area contributed by atoms with Crippen LogP contribution in [0.1, 0.15) is 32.3 Å². The number of urea groups is 1. The highest BCUT2D eigenvalue weighted by Crippen LogP contribution is 2.16. The second-order valence-corrected chi connectivity index (χ2v) is 5.07. The number of carbonyl (C=O) groups excluding carboxylic acids is 1. The fraction of sp³-hybridized carbons (Fsp3) is 0.600. The average Bonchev–Trinajstić information content (AvgIpc) is 3.01. The minimum atomic E-state index is -0.204. The maximum absolute atomic E-state index is 11.9. The van der Waals surface area contributed by atoms with Gasteiger partial charge in [0.05, 0.1) is 18.8 Å². The summed E-state index contributed by atoms with van der Waals surface area (Å²) in [5.41, 5.74) is 0.860. The first-order valence-electron chi connectivity index (χ1n) is 7.43. The van der Waals surface area contributed by atoms with Crippen molar-refractivity contribution in [2.75, 3.05) is 13.2 Å². The molecule has 1 aromatic heterocycles. The van der Waals surface area contributed by atoms with Gasteiger partial charge < -0.3 is 20.1 Å². The third-order valence-corrected chi connectivity index (χ3v) is 3.45. The summed E-state index contributed by atoms with van der Waals surface area (Å²) in [5, 5.41) is 5.73. The molecule has 1 saturated heterocycles. The molecule has 2 heterocycles. The van der Waals surface area contributed by atoms with Gasteiger partial charge in [-0.05, 0) is 32.8 Å². The van der Waals surface area contributed by atoms with Crippen LogP contribution in [0, 0.1) is 0 Å². The van der Waals surface area contributed by atoms with E-state index in [1.807, 2.05) is 26.0 Å². The Balaban J connectivity index is 1.80. The number of ether oxygens (including phenoxy) is 2. The number of amides is 2. The largest absolute Gasteiger partial charge is 0.478 e. The van der Waals surface area contributed by atoms with Crippen molar-refractivity contribution in [3.8, 4) is 5.88 Å². The Morgan fingerprint density at radius 3 is 3.19 bits per heavy atom. The molecule has 6 heteroatoms. The van der Waals surface area contributed by atoms with E-state index in [9.17, 15) is 4.79 Å². The van der Waals surface area contributed by atoms with Crippen LogP contribution < -0.4 is 15.4 Å². The van der Waals surface area contributed by atoms with Crippen molar-refractivity contribution in [3.05, 3.63) is 23.9 Å². The molecule has 2 amide bonds. The van der Waals surface area contributed by atoms with Crippen molar-refractivity contribution in [1.82, 2.24) is 15.6 Å². The number of hydrogen-bond acceptors (Lipinski definition) is 4. The fourth-order valence-electron chi connectivity index (χ4n) is 2.35. The molecule has 1 fully saturated rings. The first-order chi connectivity index (χ1) is 10.2. The van der Waals surface area contributed by atoms with Gasteiger partial charge in [0.1, 0.15) is 0 Å². The molecule has 6 nitrogen and oxygen atoms in total. The zero-order valence-corrected chi connectivity index (χ0v) is 12.6. The molecule has 0 radical (unpaired) electrons. The summed E-state index contributed by atoms with van der Waals surface area (Å²) in [6, 6.07) is 3.52. The van der Waals surface area contributed by atoms with Crippen LogP contribution in [0.5, 0.6) is 5.88 Å². The SMILES string of the molecule is CCOc1ncccc1CNC(=O)N[C@@H](C)[C@@H]1CCCO1. The lowest BCUT2D eigenvalue weighted by molar-refractivity contribution is 0.0860. The van der Waals surface area contributed by atoms with E-state index in [2.05, 4.69) is 15.6 Å². The first-order valence-corrected chi connectivity index (χ1v) is 7.43. The molecule has 21 heavy (non-hydrogen) atoms. The maximum Gasteiger partial charge on any atom is 0.315 e. The normalized spacial score (nSPS) is 19.0. The molecule has 1 aliphatic rings. The van der Waals surface area contributed by atoms with Crippen LogP contribution in [0.15, 0.2) is 18.3 Å². The van der Waals surface area contributed by atoms with Crippen LogP contribution in [0.3, 0.4) is 0 Å². The second kappa shape index (κ2) is 7.83. The Kier molecular flexibility index (Phi) is 5.80. The number of carbonyl (C=O) groups is 1. The van der Waals surface area contributed by atoms with Gasteiger partial charge >= 0.3 is 6.03 Å². The number of hydrogen-bond donors (Lipinski definition) is 2. The Hall–Kier alpha value is -1.82. The molecule has 2 rings (SSSR count). The molecular formula is C15H23N3O3. The minimum Gasteiger partial charge on any atom is -0.478 e. The van der Waals surface area contributed by atoms with E-state index in [0.29, 0.717) is 19.0 Å². The van der Waals surface area contributed by atoms with E-state index >= 15 is 0 Å². The van der Waals surface area contributed by atoms with Crippen molar-refractivity contribution < 1.29 is 14.3 Å². The van der Waals surface area contributed by atoms with Crippen LogP contribution in [0.25, 0.3) is 0 Å². The second-order valence-electron chi connectivity index (χ2n) is 5.07. The minimum absolute atomic E-state index is 0.00719. The summed E-state index contributed by atoms with van der Waals surface area (Å²) >= 11 is 0. The molecule has 0 unspecified atom stereocenters. The molecule has 0 aliphatic carbocycles. The summed E-state index contributed by atoms with van der Waals surface area (Å²) < 4.78 is 11.0. The van der Waals surface area contributed by atoms with E-state index < -0.39 is 0 Å². The lowest BCUT2D eigenvalue weighted by Gasteiger charge is -2.20. The van der Waals surface area contributed by atoms with Crippen LogP contribution in [-0.2, 0) is 11.3 Å². The van der Waals surface area contributed by atoms with Gasteiger partial charge in [0, 0.05) is 24.9 Å². The summed E-state index contributed by atoms with van der Waals surface area (Å²) in [4.78, 5) is 16.1. The van der Waals surface area contributed by atoms with Crippen molar-refractivity contribution >= 4 is 6.03 Å². The van der Waals surface area contributed by atoms with Crippen LogP contribution in [0.4, 0.5) is 4.79 Å². The highest BCUT2D eigenvalue weighted by atomic mass is 16.5. The van der Waals surface area contributed by atoms with Crippen molar-refractivity contribution in [2.45, 2.75) is 45.4 Å². The Bertz CT molecular complexity index is 461. The lowest BCUT2D eigenvalue weighted by atomic mass is 10.1. The van der Waals surface area contributed by atoms with E-state index in [-0.39, 0.29) is 18.2 Å². The number of aromatic nitrogens is 1. The molecule has 1 aromatic rings. The zero-order chi connectivity index (χ0) is 15.1. The van der Waals surface area contributed by atoms with E-state index in [1.54, 1.807) is 6.20 Å². The molecule has 2 atom stereocenters. The van der Waals surface area contributed by atoms with Crippen molar-refractivity contribution in [2.24, 2.45) is 0 Å².